The number of benzene rings is 1. The third-order valence-corrected chi connectivity index (χ3v) is 1.69. The van der Waals surface area contributed by atoms with E-state index in [1.165, 1.54) is 0 Å². The van der Waals surface area contributed by atoms with Gasteiger partial charge in [0.1, 0.15) is 6.61 Å². The van der Waals surface area contributed by atoms with E-state index >= 15 is 0 Å². The molecule has 1 aromatic rings. The Morgan fingerprint density at radius 3 is 2.33 bits per heavy atom. The van der Waals surface area contributed by atoms with Crippen molar-refractivity contribution in [2.45, 2.75) is 0 Å². The molecule has 0 spiro atoms. The summed E-state index contributed by atoms with van der Waals surface area (Å²) in [6.07, 6.45) is 0. The highest BCUT2D eigenvalue weighted by Crippen LogP contribution is 2.12. The van der Waals surface area contributed by atoms with Crippen molar-refractivity contribution in [1.82, 2.24) is 0 Å². The van der Waals surface area contributed by atoms with Crippen molar-refractivity contribution in [2.24, 2.45) is 11.6 Å². The predicted octanol–water partition coefficient (Wildman–Crippen LogP) is -0.0114. The Morgan fingerprint density at radius 1 is 1.27 bits per heavy atom. The van der Waals surface area contributed by atoms with E-state index in [0.29, 0.717) is 5.69 Å². The Kier molecular flexibility index (Phi) is 3.78. The molecule has 1 rings (SSSR count). The summed E-state index contributed by atoms with van der Waals surface area (Å²) in [5, 5.41) is 0. The lowest BCUT2D eigenvalue weighted by Crippen LogP contribution is -2.43. The number of anilines is 1. The van der Waals surface area contributed by atoms with E-state index in [4.69, 9.17) is 11.6 Å². The minimum Gasteiger partial charge on any atom is -0.351 e. The van der Waals surface area contributed by atoms with Crippen LogP contribution in [-0.2, 0) is 9.63 Å². The Labute approximate surface area is 86.4 Å². The van der Waals surface area contributed by atoms with Gasteiger partial charge in [-0.3, -0.25) is 9.63 Å². The summed E-state index contributed by atoms with van der Waals surface area (Å²) >= 11 is 0. The van der Waals surface area contributed by atoms with Gasteiger partial charge in [0.05, 0.1) is 5.69 Å². The number of imide groups is 1. The van der Waals surface area contributed by atoms with E-state index in [9.17, 15) is 9.59 Å². The van der Waals surface area contributed by atoms with Gasteiger partial charge < -0.3 is 5.73 Å². The molecule has 0 aliphatic carbocycles. The van der Waals surface area contributed by atoms with Crippen LogP contribution >= 0.6 is 0 Å². The van der Waals surface area contributed by atoms with Crippen LogP contribution in [0.2, 0.25) is 0 Å². The summed E-state index contributed by atoms with van der Waals surface area (Å²) in [6, 6.07) is 7.41. The summed E-state index contributed by atoms with van der Waals surface area (Å²) in [7, 11) is 0. The molecule has 0 aliphatic rings. The number of urea groups is 1. The van der Waals surface area contributed by atoms with Crippen molar-refractivity contribution >= 4 is 17.6 Å². The summed E-state index contributed by atoms with van der Waals surface area (Å²) in [5.74, 6) is 4.13. The quantitative estimate of drug-likeness (QED) is 0.684. The van der Waals surface area contributed by atoms with Gasteiger partial charge in [-0.05, 0) is 12.1 Å². The molecule has 0 heterocycles. The average Bonchev–Trinajstić information content (AvgIpc) is 2.19. The minimum atomic E-state index is -0.872. The van der Waals surface area contributed by atoms with Crippen molar-refractivity contribution in [3.05, 3.63) is 30.3 Å². The van der Waals surface area contributed by atoms with Gasteiger partial charge >= 0.3 is 6.03 Å². The van der Waals surface area contributed by atoms with E-state index in [-0.39, 0.29) is 0 Å². The second-order valence-electron chi connectivity index (χ2n) is 2.71. The van der Waals surface area contributed by atoms with E-state index in [1.54, 1.807) is 30.3 Å². The predicted molar refractivity (Wildman–Crippen MR) is 53.7 cm³/mol. The van der Waals surface area contributed by atoms with E-state index in [2.05, 4.69) is 4.84 Å². The fraction of sp³-hybridized carbons (Fsp3) is 0.111. The maximum absolute atomic E-state index is 11.4. The average molecular weight is 209 g/mol. The number of amides is 3. The van der Waals surface area contributed by atoms with Crippen LogP contribution in [0.3, 0.4) is 0 Å². The number of nitrogens with zero attached hydrogens (tertiary/aromatic N) is 1. The number of primary amides is 1. The second kappa shape index (κ2) is 5.08. The maximum atomic E-state index is 11.4. The SMILES string of the molecule is NOCC(=O)N(C(N)=O)c1ccccc1. The van der Waals surface area contributed by atoms with Crippen LogP contribution in [0.4, 0.5) is 10.5 Å². The molecule has 15 heavy (non-hydrogen) atoms. The lowest BCUT2D eigenvalue weighted by atomic mass is 10.3. The van der Waals surface area contributed by atoms with Crippen LogP contribution in [0.25, 0.3) is 0 Å². The zero-order chi connectivity index (χ0) is 11.3. The van der Waals surface area contributed by atoms with Gasteiger partial charge in [-0.25, -0.2) is 15.6 Å². The molecule has 0 atom stereocenters. The van der Waals surface area contributed by atoms with Gasteiger partial charge in [0.2, 0.25) is 0 Å². The van der Waals surface area contributed by atoms with Crippen LogP contribution in [0.1, 0.15) is 0 Å². The van der Waals surface area contributed by atoms with Crippen molar-refractivity contribution in [2.75, 3.05) is 11.5 Å². The first kappa shape index (κ1) is 11.2. The third kappa shape index (κ3) is 2.76. The Morgan fingerprint density at radius 2 is 1.87 bits per heavy atom. The summed E-state index contributed by atoms with van der Waals surface area (Å²) in [4.78, 5) is 27.4. The van der Waals surface area contributed by atoms with Crippen LogP contribution in [0, 0.1) is 0 Å². The zero-order valence-corrected chi connectivity index (χ0v) is 7.92. The van der Waals surface area contributed by atoms with Crippen molar-refractivity contribution in [3.8, 4) is 0 Å². The first-order valence-electron chi connectivity index (χ1n) is 4.16. The zero-order valence-electron chi connectivity index (χ0n) is 7.92. The number of para-hydroxylation sites is 1. The number of rotatable bonds is 3. The van der Waals surface area contributed by atoms with Crippen LogP contribution < -0.4 is 16.5 Å². The molecule has 0 unspecified atom stereocenters. The van der Waals surface area contributed by atoms with Gasteiger partial charge in [0.15, 0.2) is 0 Å². The Balaban J connectivity index is 2.94. The molecule has 0 aliphatic heterocycles. The van der Waals surface area contributed by atoms with Crippen LogP contribution in [-0.4, -0.2) is 18.5 Å². The highest BCUT2D eigenvalue weighted by atomic mass is 16.6. The van der Waals surface area contributed by atoms with Gasteiger partial charge in [-0.15, -0.1) is 0 Å². The molecule has 80 valence electrons. The van der Waals surface area contributed by atoms with Gasteiger partial charge in [0.25, 0.3) is 5.91 Å². The summed E-state index contributed by atoms with van der Waals surface area (Å²) in [5.41, 5.74) is 5.45. The van der Waals surface area contributed by atoms with Gasteiger partial charge in [-0.1, -0.05) is 18.2 Å². The van der Waals surface area contributed by atoms with Gasteiger partial charge in [-0.2, -0.15) is 0 Å². The number of nitrogens with two attached hydrogens (primary N) is 2. The number of hydrogen-bond donors (Lipinski definition) is 2. The minimum absolute atomic E-state index is 0.382. The topological polar surface area (TPSA) is 98.7 Å². The fourth-order valence-corrected chi connectivity index (χ4v) is 1.11. The molecule has 1 aromatic carbocycles. The second-order valence-corrected chi connectivity index (χ2v) is 2.71. The number of hydrogen-bond acceptors (Lipinski definition) is 4. The molecule has 3 amide bonds. The highest BCUT2D eigenvalue weighted by molar-refractivity contribution is 6.14. The molecule has 6 nitrogen and oxygen atoms in total. The smallest absolute Gasteiger partial charge is 0.326 e. The molecule has 0 bridgehead atoms. The fourth-order valence-electron chi connectivity index (χ4n) is 1.11. The van der Waals surface area contributed by atoms with E-state index in [1.807, 2.05) is 0 Å². The van der Waals surface area contributed by atoms with Crippen molar-refractivity contribution in [3.63, 3.8) is 0 Å². The monoisotopic (exact) mass is 209 g/mol. The normalized spacial score (nSPS) is 9.67. The van der Waals surface area contributed by atoms with Gasteiger partial charge in [0, 0.05) is 0 Å². The lowest BCUT2D eigenvalue weighted by molar-refractivity contribution is -0.122. The molecular formula is C9H11N3O3. The van der Waals surface area contributed by atoms with Crippen LogP contribution in [0.15, 0.2) is 30.3 Å². The molecule has 0 saturated heterocycles. The Bertz CT molecular complexity index is 353. The molecule has 4 N–H and O–H groups in total. The lowest BCUT2D eigenvalue weighted by Gasteiger charge is -2.17. The Hall–Kier alpha value is -1.92. The number of carbonyl (C=O) groups is 2. The van der Waals surface area contributed by atoms with Crippen molar-refractivity contribution in [1.29, 1.82) is 0 Å². The molecule has 0 aromatic heterocycles. The molecule has 0 saturated carbocycles. The van der Waals surface area contributed by atoms with Crippen molar-refractivity contribution < 1.29 is 14.4 Å². The molecular weight excluding hydrogens is 198 g/mol. The first-order chi connectivity index (χ1) is 7.16. The number of carbonyl (C=O) groups excluding carboxylic acids is 2. The summed E-state index contributed by atoms with van der Waals surface area (Å²) in [6.45, 7) is -0.405. The molecule has 0 fully saturated rings. The van der Waals surface area contributed by atoms with E-state index in [0.717, 1.165) is 4.90 Å². The molecule has 6 heteroatoms. The summed E-state index contributed by atoms with van der Waals surface area (Å²) < 4.78 is 0. The maximum Gasteiger partial charge on any atom is 0.326 e. The largest absolute Gasteiger partial charge is 0.351 e. The van der Waals surface area contributed by atoms with Crippen LogP contribution in [0.5, 0.6) is 0 Å². The first-order valence-corrected chi connectivity index (χ1v) is 4.16. The molecule has 0 radical (unpaired) electrons. The van der Waals surface area contributed by atoms with E-state index < -0.39 is 18.5 Å². The highest BCUT2D eigenvalue weighted by Gasteiger charge is 2.20. The standard InChI is InChI=1S/C9H11N3O3/c10-9(14)12(8(13)6-15-11)7-4-2-1-3-5-7/h1-5H,6,11H2,(H2,10,14). The third-order valence-electron chi connectivity index (χ3n) is 1.69.